The molecule has 1 amide bonds. The average Bonchev–Trinajstić information content (AvgIpc) is 3.47. The molecule has 0 saturated heterocycles. The standard InChI is InChI=1S/C26H27N7O2/c1-16(2)33-23-18(13-29-33)12-28-22(30-23)24(34)31-26(10-11-26)19-8-6-17(7-9-19)21-14-27-15-32(25(21)35)20-4-3-5-20/h6-9,12-16,20H,3-5,10-11H2,1-2H3,(H,31,34). The third-order valence-electron chi connectivity index (χ3n) is 7.21. The van der Waals surface area contributed by atoms with Gasteiger partial charge in [0.2, 0.25) is 5.82 Å². The quantitative estimate of drug-likeness (QED) is 0.461. The lowest BCUT2D eigenvalue weighted by Crippen LogP contribution is -2.36. The highest BCUT2D eigenvalue weighted by Crippen LogP contribution is 2.46. The third kappa shape index (κ3) is 3.71. The van der Waals surface area contributed by atoms with Crippen LogP contribution in [0.5, 0.6) is 0 Å². The number of carbonyl (C=O) groups is 1. The first-order chi connectivity index (χ1) is 16.9. The summed E-state index contributed by atoms with van der Waals surface area (Å²) in [5.74, 6) is -0.171. The van der Waals surface area contributed by atoms with Crippen LogP contribution >= 0.6 is 0 Å². The van der Waals surface area contributed by atoms with Gasteiger partial charge < -0.3 is 5.32 Å². The second kappa shape index (κ2) is 8.11. The number of hydrogen-bond donors (Lipinski definition) is 1. The van der Waals surface area contributed by atoms with Crippen molar-refractivity contribution < 1.29 is 4.79 Å². The van der Waals surface area contributed by atoms with Gasteiger partial charge in [-0.3, -0.25) is 14.2 Å². The third-order valence-corrected chi connectivity index (χ3v) is 7.21. The van der Waals surface area contributed by atoms with Crippen LogP contribution < -0.4 is 10.9 Å². The van der Waals surface area contributed by atoms with Crippen LogP contribution in [0.15, 0.2) is 54.0 Å². The van der Waals surface area contributed by atoms with Gasteiger partial charge in [0.15, 0.2) is 5.65 Å². The molecular formula is C26H27N7O2. The lowest BCUT2D eigenvalue weighted by molar-refractivity contribution is 0.0920. The van der Waals surface area contributed by atoms with Gasteiger partial charge in [-0.1, -0.05) is 24.3 Å². The molecule has 1 N–H and O–H groups in total. The van der Waals surface area contributed by atoms with Gasteiger partial charge in [-0.05, 0) is 57.1 Å². The Morgan fingerprint density at radius 1 is 1.11 bits per heavy atom. The molecule has 3 heterocycles. The first kappa shape index (κ1) is 21.6. The molecule has 1 aromatic carbocycles. The van der Waals surface area contributed by atoms with Crippen molar-refractivity contribution in [2.75, 3.05) is 0 Å². The summed E-state index contributed by atoms with van der Waals surface area (Å²) in [6, 6.07) is 8.24. The number of nitrogens with one attached hydrogen (secondary N) is 1. The fraction of sp³-hybridized carbons (Fsp3) is 0.385. The van der Waals surface area contributed by atoms with Crippen LogP contribution in [0.3, 0.4) is 0 Å². The summed E-state index contributed by atoms with van der Waals surface area (Å²) in [5.41, 5.74) is 2.65. The van der Waals surface area contributed by atoms with E-state index in [0.717, 1.165) is 48.6 Å². The molecule has 0 spiro atoms. The number of aromatic nitrogens is 6. The number of hydrogen-bond acceptors (Lipinski definition) is 6. The van der Waals surface area contributed by atoms with Crippen molar-refractivity contribution >= 4 is 16.9 Å². The van der Waals surface area contributed by atoms with Crippen molar-refractivity contribution in [3.05, 3.63) is 70.9 Å². The lowest BCUT2D eigenvalue weighted by atomic mass is 9.92. The largest absolute Gasteiger partial charge is 0.340 e. The Kier molecular flexibility index (Phi) is 5.01. The van der Waals surface area contributed by atoms with Crippen LogP contribution in [-0.4, -0.2) is 35.2 Å². The Morgan fingerprint density at radius 2 is 1.89 bits per heavy atom. The van der Waals surface area contributed by atoms with E-state index in [1.165, 1.54) is 0 Å². The topological polar surface area (TPSA) is 108 Å². The second-order valence-electron chi connectivity index (χ2n) is 9.87. The van der Waals surface area contributed by atoms with Crippen molar-refractivity contribution in [3.63, 3.8) is 0 Å². The predicted octanol–water partition coefficient (Wildman–Crippen LogP) is 3.78. The molecule has 2 fully saturated rings. The number of rotatable bonds is 6. The molecule has 6 rings (SSSR count). The summed E-state index contributed by atoms with van der Waals surface area (Å²) in [7, 11) is 0. The van der Waals surface area contributed by atoms with Crippen molar-refractivity contribution in [3.8, 4) is 11.1 Å². The van der Waals surface area contributed by atoms with Gasteiger partial charge in [-0.15, -0.1) is 0 Å². The van der Waals surface area contributed by atoms with E-state index in [1.54, 1.807) is 34.2 Å². The maximum atomic E-state index is 13.1. The maximum Gasteiger partial charge on any atom is 0.289 e. The first-order valence-electron chi connectivity index (χ1n) is 12.1. The Balaban J connectivity index is 1.23. The highest BCUT2D eigenvalue weighted by Gasteiger charge is 2.46. The van der Waals surface area contributed by atoms with E-state index in [-0.39, 0.29) is 29.4 Å². The highest BCUT2D eigenvalue weighted by molar-refractivity contribution is 5.93. The molecule has 35 heavy (non-hydrogen) atoms. The summed E-state index contributed by atoms with van der Waals surface area (Å²) in [4.78, 5) is 39.1. The Bertz CT molecular complexity index is 1480. The van der Waals surface area contributed by atoms with Crippen LogP contribution in [0.2, 0.25) is 0 Å². The molecule has 0 unspecified atom stereocenters. The van der Waals surface area contributed by atoms with Gasteiger partial charge in [0, 0.05) is 24.5 Å². The van der Waals surface area contributed by atoms with E-state index in [0.29, 0.717) is 11.2 Å². The molecule has 2 aliphatic rings. The average molecular weight is 470 g/mol. The van der Waals surface area contributed by atoms with Crippen LogP contribution in [0.1, 0.15) is 74.2 Å². The zero-order valence-corrected chi connectivity index (χ0v) is 19.8. The van der Waals surface area contributed by atoms with E-state index in [2.05, 4.69) is 25.4 Å². The molecule has 9 nitrogen and oxygen atoms in total. The molecular weight excluding hydrogens is 442 g/mol. The van der Waals surface area contributed by atoms with Crippen molar-refractivity contribution in [1.82, 2.24) is 34.6 Å². The first-order valence-corrected chi connectivity index (χ1v) is 12.1. The normalized spacial score (nSPS) is 16.9. The zero-order chi connectivity index (χ0) is 24.2. The minimum Gasteiger partial charge on any atom is -0.340 e. The molecule has 2 saturated carbocycles. The van der Waals surface area contributed by atoms with E-state index in [9.17, 15) is 9.59 Å². The van der Waals surface area contributed by atoms with Crippen molar-refractivity contribution in [2.45, 2.75) is 63.6 Å². The fourth-order valence-corrected chi connectivity index (χ4v) is 4.73. The smallest absolute Gasteiger partial charge is 0.289 e. The SMILES string of the molecule is CC(C)n1ncc2cnc(C(=O)NC3(c4ccc(-c5cncn(C6CCC6)c5=O)cc4)CC3)nc21. The Hall–Kier alpha value is -3.88. The van der Waals surface area contributed by atoms with Gasteiger partial charge in [0.25, 0.3) is 11.5 Å². The molecule has 0 atom stereocenters. The molecule has 0 aliphatic heterocycles. The summed E-state index contributed by atoms with van der Waals surface area (Å²) in [6.45, 7) is 4.04. The fourth-order valence-electron chi connectivity index (χ4n) is 4.73. The summed E-state index contributed by atoms with van der Waals surface area (Å²) in [5, 5.41) is 8.29. The van der Waals surface area contributed by atoms with E-state index in [1.807, 2.05) is 38.1 Å². The van der Waals surface area contributed by atoms with Crippen LogP contribution in [0, 0.1) is 0 Å². The Morgan fingerprint density at radius 3 is 2.54 bits per heavy atom. The number of amides is 1. The highest BCUT2D eigenvalue weighted by atomic mass is 16.2. The number of fused-ring (bicyclic) bond motifs is 1. The molecule has 4 aromatic rings. The Labute approximate surface area is 202 Å². The summed E-state index contributed by atoms with van der Waals surface area (Å²) < 4.78 is 3.55. The summed E-state index contributed by atoms with van der Waals surface area (Å²) in [6.07, 6.45) is 11.5. The molecule has 2 aliphatic carbocycles. The van der Waals surface area contributed by atoms with Gasteiger partial charge in [0.05, 0.1) is 29.0 Å². The zero-order valence-electron chi connectivity index (χ0n) is 19.8. The van der Waals surface area contributed by atoms with Gasteiger partial charge >= 0.3 is 0 Å². The maximum absolute atomic E-state index is 13.1. The van der Waals surface area contributed by atoms with Crippen molar-refractivity contribution in [2.24, 2.45) is 0 Å². The van der Waals surface area contributed by atoms with Crippen LogP contribution in [0.4, 0.5) is 0 Å². The molecule has 178 valence electrons. The van der Waals surface area contributed by atoms with E-state index < -0.39 is 5.54 Å². The van der Waals surface area contributed by atoms with Crippen LogP contribution in [-0.2, 0) is 5.54 Å². The second-order valence-corrected chi connectivity index (χ2v) is 9.87. The van der Waals surface area contributed by atoms with Crippen molar-refractivity contribution in [1.29, 1.82) is 0 Å². The monoisotopic (exact) mass is 469 g/mol. The minimum absolute atomic E-state index is 0.0000624. The summed E-state index contributed by atoms with van der Waals surface area (Å²) >= 11 is 0. The lowest BCUT2D eigenvalue weighted by Gasteiger charge is -2.27. The number of nitrogens with zero attached hydrogens (tertiary/aromatic N) is 6. The van der Waals surface area contributed by atoms with Gasteiger partial charge in [-0.2, -0.15) is 5.10 Å². The number of carbonyl (C=O) groups excluding carboxylic acids is 1. The van der Waals surface area contributed by atoms with Crippen LogP contribution in [0.25, 0.3) is 22.2 Å². The van der Waals surface area contributed by atoms with E-state index >= 15 is 0 Å². The van der Waals surface area contributed by atoms with Gasteiger partial charge in [-0.25, -0.2) is 19.6 Å². The molecule has 0 radical (unpaired) electrons. The van der Waals surface area contributed by atoms with Gasteiger partial charge in [0.1, 0.15) is 0 Å². The molecule has 3 aromatic heterocycles. The predicted molar refractivity (Wildman–Crippen MR) is 131 cm³/mol. The number of benzene rings is 1. The minimum atomic E-state index is -0.437. The molecule has 9 heteroatoms. The van der Waals surface area contributed by atoms with E-state index in [4.69, 9.17) is 0 Å². The molecule has 0 bridgehead atoms.